The molecule has 23 heavy (non-hydrogen) atoms. The first kappa shape index (κ1) is 18.8. The van der Waals surface area contributed by atoms with Crippen molar-refractivity contribution in [3.63, 3.8) is 0 Å². The minimum absolute atomic E-state index is 0.145. The molecular formula is C15H19F3N2O3. The van der Waals surface area contributed by atoms with Gasteiger partial charge in [-0.25, -0.2) is 0 Å². The van der Waals surface area contributed by atoms with Crippen molar-refractivity contribution in [2.45, 2.75) is 39.7 Å². The maximum Gasteiger partial charge on any atom is 0.573 e. The topological polar surface area (TPSA) is 67.4 Å². The average molecular weight is 332 g/mol. The molecule has 0 aliphatic rings. The van der Waals surface area contributed by atoms with Crippen LogP contribution in [0.3, 0.4) is 0 Å². The van der Waals surface area contributed by atoms with E-state index in [9.17, 15) is 22.8 Å². The normalized spacial score (nSPS) is 12.7. The standard InChI is InChI=1S/C15H19F3N2O3/c1-9(2)13(20-10(3)21)14(22)19-8-11-6-4-5-7-12(11)23-15(16,17)18/h4-7,9,13H,8H2,1-3H3,(H,19,22)(H,20,21)/t13-/m0/s1. The number of hydrogen-bond acceptors (Lipinski definition) is 3. The lowest BCUT2D eigenvalue weighted by Gasteiger charge is -2.21. The molecule has 1 rings (SSSR count). The number of para-hydroxylation sites is 1. The van der Waals surface area contributed by atoms with E-state index in [0.29, 0.717) is 0 Å². The molecule has 1 aromatic rings. The number of carbonyl (C=O) groups is 2. The molecule has 0 spiro atoms. The van der Waals surface area contributed by atoms with Gasteiger partial charge < -0.3 is 15.4 Å². The number of amides is 2. The highest BCUT2D eigenvalue weighted by Gasteiger charge is 2.32. The molecular weight excluding hydrogens is 313 g/mol. The fourth-order valence-corrected chi connectivity index (χ4v) is 1.92. The molecule has 0 aliphatic heterocycles. The molecule has 0 heterocycles. The quantitative estimate of drug-likeness (QED) is 0.840. The van der Waals surface area contributed by atoms with Gasteiger partial charge in [0.25, 0.3) is 0 Å². The van der Waals surface area contributed by atoms with Crippen molar-refractivity contribution >= 4 is 11.8 Å². The van der Waals surface area contributed by atoms with E-state index in [2.05, 4.69) is 15.4 Å². The van der Waals surface area contributed by atoms with E-state index in [1.165, 1.54) is 25.1 Å². The Morgan fingerprint density at radius 1 is 1.22 bits per heavy atom. The summed E-state index contributed by atoms with van der Waals surface area (Å²) in [5, 5.41) is 5.02. The fraction of sp³-hybridized carbons (Fsp3) is 0.467. The highest BCUT2D eigenvalue weighted by molar-refractivity contribution is 5.87. The Morgan fingerprint density at radius 3 is 2.35 bits per heavy atom. The number of nitrogens with one attached hydrogen (secondary N) is 2. The summed E-state index contributed by atoms with van der Waals surface area (Å²) in [4.78, 5) is 23.2. The summed E-state index contributed by atoms with van der Waals surface area (Å²) in [7, 11) is 0. The van der Waals surface area contributed by atoms with Gasteiger partial charge in [-0.05, 0) is 12.0 Å². The predicted octanol–water partition coefficient (Wildman–Crippen LogP) is 2.36. The van der Waals surface area contributed by atoms with E-state index in [1.54, 1.807) is 19.9 Å². The van der Waals surface area contributed by atoms with E-state index in [-0.39, 0.29) is 29.7 Å². The van der Waals surface area contributed by atoms with E-state index >= 15 is 0 Å². The monoisotopic (exact) mass is 332 g/mol. The van der Waals surface area contributed by atoms with Crippen LogP contribution in [0, 0.1) is 5.92 Å². The van der Waals surface area contributed by atoms with Crippen molar-refractivity contribution in [1.82, 2.24) is 10.6 Å². The smallest absolute Gasteiger partial charge is 0.405 e. The zero-order chi connectivity index (χ0) is 17.6. The summed E-state index contributed by atoms with van der Waals surface area (Å²) in [5.74, 6) is -1.38. The van der Waals surface area contributed by atoms with Crippen molar-refractivity contribution in [1.29, 1.82) is 0 Å². The van der Waals surface area contributed by atoms with Gasteiger partial charge in [0.15, 0.2) is 0 Å². The van der Waals surface area contributed by atoms with Gasteiger partial charge in [0.2, 0.25) is 11.8 Å². The van der Waals surface area contributed by atoms with Gasteiger partial charge in [0.1, 0.15) is 11.8 Å². The molecule has 0 radical (unpaired) electrons. The van der Waals surface area contributed by atoms with Crippen LogP contribution >= 0.6 is 0 Å². The third-order valence-corrected chi connectivity index (χ3v) is 2.96. The molecule has 8 heteroatoms. The molecule has 0 saturated heterocycles. The first-order valence-corrected chi connectivity index (χ1v) is 6.98. The number of rotatable bonds is 6. The number of halogens is 3. The first-order valence-electron chi connectivity index (χ1n) is 6.98. The van der Waals surface area contributed by atoms with Crippen LogP contribution in [0.5, 0.6) is 5.75 Å². The van der Waals surface area contributed by atoms with E-state index < -0.39 is 18.3 Å². The second-order valence-electron chi connectivity index (χ2n) is 5.30. The van der Waals surface area contributed by atoms with E-state index in [1.807, 2.05) is 0 Å². The number of carbonyl (C=O) groups excluding carboxylic acids is 2. The van der Waals surface area contributed by atoms with Gasteiger partial charge in [0, 0.05) is 19.0 Å². The van der Waals surface area contributed by atoms with Crippen LogP contribution in [0.2, 0.25) is 0 Å². The molecule has 0 aromatic heterocycles. The highest BCUT2D eigenvalue weighted by atomic mass is 19.4. The summed E-state index contributed by atoms with van der Waals surface area (Å²) >= 11 is 0. The van der Waals surface area contributed by atoms with Gasteiger partial charge in [-0.3, -0.25) is 9.59 Å². The van der Waals surface area contributed by atoms with Crippen LogP contribution in [0.1, 0.15) is 26.3 Å². The van der Waals surface area contributed by atoms with Crippen molar-refractivity contribution in [3.8, 4) is 5.75 Å². The summed E-state index contributed by atoms with van der Waals surface area (Å²) in [6.07, 6.45) is -4.81. The van der Waals surface area contributed by atoms with Crippen LogP contribution in [-0.2, 0) is 16.1 Å². The molecule has 0 saturated carbocycles. The lowest BCUT2D eigenvalue weighted by Crippen LogP contribution is -2.48. The summed E-state index contributed by atoms with van der Waals surface area (Å²) < 4.78 is 40.9. The Hall–Kier alpha value is -2.25. The number of ether oxygens (including phenoxy) is 1. The molecule has 5 nitrogen and oxygen atoms in total. The van der Waals surface area contributed by atoms with Crippen LogP contribution in [0.25, 0.3) is 0 Å². The molecule has 1 atom stereocenters. The molecule has 1 aromatic carbocycles. The maximum absolute atomic E-state index is 12.3. The summed E-state index contributed by atoms with van der Waals surface area (Å²) in [5.41, 5.74) is 0.184. The fourth-order valence-electron chi connectivity index (χ4n) is 1.92. The van der Waals surface area contributed by atoms with Crippen molar-refractivity contribution < 1.29 is 27.5 Å². The second-order valence-corrected chi connectivity index (χ2v) is 5.30. The van der Waals surface area contributed by atoms with Gasteiger partial charge in [0.05, 0.1) is 0 Å². The van der Waals surface area contributed by atoms with Gasteiger partial charge >= 0.3 is 6.36 Å². The Kier molecular flexibility index (Phi) is 6.41. The zero-order valence-electron chi connectivity index (χ0n) is 13.0. The Labute approximate surface area is 132 Å². The molecule has 0 unspecified atom stereocenters. The van der Waals surface area contributed by atoms with Gasteiger partial charge in [-0.2, -0.15) is 0 Å². The summed E-state index contributed by atoms with van der Waals surface area (Å²) in [6, 6.07) is 4.77. The minimum Gasteiger partial charge on any atom is -0.405 e. The molecule has 0 aliphatic carbocycles. The zero-order valence-corrected chi connectivity index (χ0v) is 13.0. The van der Waals surface area contributed by atoms with Crippen LogP contribution in [-0.4, -0.2) is 24.2 Å². The van der Waals surface area contributed by atoms with E-state index in [0.717, 1.165) is 0 Å². The van der Waals surface area contributed by atoms with Crippen molar-refractivity contribution in [2.75, 3.05) is 0 Å². The Morgan fingerprint density at radius 2 is 1.83 bits per heavy atom. The number of alkyl halides is 3. The van der Waals surface area contributed by atoms with Gasteiger partial charge in [-0.1, -0.05) is 32.0 Å². The highest BCUT2D eigenvalue weighted by Crippen LogP contribution is 2.26. The SMILES string of the molecule is CC(=O)N[C@H](C(=O)NCc1ccccc1OC(F)(F)F)C(C)C. The van der Waals surface area contributed by atoms with Crippen LogP contribution < -0.4 is 15.4 Å². The van der Waals surface area contributed by atoms with Crippen molar-refractivity contribution in [2.24, 2.45) is 5.92 Å². The number of hydrogen-bond donors (Lipinski definition) is 2. The minimum atomic E-state index is -4.81. The third kappa shape index (κ3) is 6.58. The molecule has 2 amide bonds. The van der Waals surface area contributed by atoms with E-state index in [4.69, 9.17) is 0 Å². The number of benzene rings is 1. The third-order valence-electron chi connectivity index (χ3n) is 2.96. The molecule has 0 fully saturated rings. The molecule has 0 bridgehead atoms. The average Bonchev–Trinajstić information content (AvgIpc) is 2.41. The maximum atomic E-state index is 12.3. The first-order chi connectivity index (χ1) is 10.6. The lowest BCUT2D eigenvalue weighted by molar-refractivity contribution is -0.274. The van der Waals surface area contributed by atoms with Crippen LogP contribution in [0.4, 0.5) is 13.2 Å². The predicted molar refractivity (Wildman–Crippen MR) is 77.4 cm³/mol. The van der Waals surface area contributed by atoms with Crippen LogP contribution in [0.15, 0.2) is 24.3 Å². The summed E-state index contributed by atoms with van der Waals surface area (Å²) in [6.45, 7) is 4.64. The lowest BCUT2D eigenvalue weighted by atomic mass is 10.0. The van der Waals surface area contributed by atoms with Crippen molar-refractivity contribution in [3.05, 3.63) is 29.8 Å². The molecule has 2 N–H and O–H groups in total. The Balaban J connectivity index is 2.77. The largest absolute Gasteiger partial charge is 0.573 e. The Bertz CT molecular complexity index is 559. The molecule has 128 valence electrons. The second kappa shape index (κ2) is 7.85. The van der Waals surface area contributed by atoms with Gasteiger partial charge in [-0.15, -0.1) is 13.2 Å².